The molecule has 0 aliphatic heterocycles. The molecule has 0 spiro atoms. The van der Waals surface area contributed by atoms with Crippen LogP contribution in [0.2, 0.25) is 0 Å². The average Bonchev–Trinajstić information content (AvgIpc) is 3.15. The molecular weight excluding hydrogens is 377 g/mol. The van der Waals surface area contributed by atoms with Crippen LogP contribution in [0.15, 0.2) is 6.20 Å². The molecule has 2 saturated carbocycles. The number of aromatic nitrogens is 2. The minimum atomic E-state index is 0.162. The summed E-state index contributed by atoms with van der Waals surface area (Å²) in [5.74, 6) is 2.67. The van der Waals surface area contributed by atoms with Crippen LogP contribution in [0.4, 0.5) is 0 Å². The maximum Gasteiger partial charge on any atom is 0.222 e. The predicted octanol–water partition coefficient (Wildman–Crippen LogP) is 3.13. The van der Waals surface area contributed by atoms with Gasteiger partial charge in [0.1, 0.15) is 0 Å². The highest BCUT2D eigenvalue weighted by atomic mass is 127. The molecule has 1 aromatic rings. The number of amides is 1. The normalized spacial score (nSPS) is 28.8. The highest BCUT2D eigenvalue weighted by Gasteiger charge is 2.42. The second kappa shape index (κ2) is 6.26. The predicted molar refractivity (Wildman–Crippen MR) is 90.8 cm³/mol. The van der Waals surface area contributed by atoms with Crippen molar-refractivity contribution in [2.75, 3.05) is 0 Å². The molecule has 2 fully saturated rings. The van der Waals surface area contributed by atoms with Gasteiger partial charge in [0, 0.05) is 24.7 Å². The van der Waals surface area contributed by atoms with E-state index in [0.29, 0.717) is 24.9 Å². The van der Waals surface area contributed by atoms with Crippen molar-refractivity contribution in [1.82, 2.24) is 15.1 Å². The van der Waals surface area contributed by atoms with Crippen LogP contribution in [0, 0.1) is 28.2 Å². The summed E-state index contributed by atoms with van der Waals surface area (Å²) >= 11 is 2.27. The number of carbonyl (C=O) groups excluding carboxylic acids is 1. The number of aryl methyl sites for hydroxylation is 1. The number of halogens is 1. The molecule has 21 heavy (non-hydrogen) atoms. The Bertz CT molecular complexity index is 528. The van der Waals surface area contributed by atoms with Gasteiger partial charge in [0.15, 0.2) is 0 Å². The molecule has 1 amide bonds. The first kappa shape index (κ1) is 15.3. The van der Waals surface area contributed by atoms with Crippen molar-refractivity contribution in [3.05, 3.63) is 15.5 Å². The fraction of sp³-hybridized carbons (Fsp3) is 0.750. The van der Waals surface area contributed by atoms with Crippen molar-refractivity contribution in [3.63, 3.8) is 0 Å². The average molecular weight is 401 g/mol. The van der Waals surface area contributed by atoms with E-state index in [1.165, 1.54) is 25.7 Å². The summed E-state index contributed by atoms with van der Waals surface area (Å²) in [7, 11) is 0. The van der Waals surface area contributed by atoms with Crippen LogP contribution in [0.1, 0.15) is 44.7 Å². The molecule has 2 aliphatic carbocycles. The van der Waals surface area contributed by atoms with E-state index in [0.717, 1.165) is 21.1 Å². The molecule has 0 saturated heterocycles. The highest BCUT2D eigenvalue weighted by Crippen LogP contribution is 2.49. The van der Waals surface area contributed by atoms with Crippen LogP contribution in [0.25, 0.3) is 0 Å². The lowest BCUT2D eigenvalue weighted by Crippen LogP contribution is -2.40. The molecule has 1 heterocycles. The zero-order valence-electron chi connectivity index (χ0n) is 12.8. The van der Waals surface area contributed by atoms with Gasteiger partial charge in [-0.3, -0.25) is 9.48 Å². The van der Waals surface area contributed by atoms with Gasteiger partial charge < -0.3 is 5.32 Å². The summed E-state index contributed by atoms with van der Waals surface area (Å²) in [4.78, 5) is 12.2. The minimum Gasteiger partial charge on any atom is -0.353 e. The first-order valence-electron chi connectivity index (χ1n) is 8.02. The Labute approximate surface area is 140 Å². The van der Waals surface area contributed by atoms with E-state index in [2.05, 4.69) is 39.9 Å². The van der Waals surface area contributed by atoms with E-state index in [1.807, 2.05) is 17.8 Å². The molecular formula is C16H24IN3O. The number of fused-ring (bicyclic) bond motifs is 2. The summed E-state index contributed by atoms with van der Waals surface area (Å²) in [6.45, 7) is 4.90. The van der Waals surface area contributed by atoms with Gasteiger partial charge in [-0.25, -0.2) is 0 Å². The van der Waals surface area contributed by atoms with E-state index in [-0.39, 0.29) is 5.91 Å². The van der Waals surface area contributed by atoms with Gasteiger partial charge in [0.2, 0.25) is 5.91 Å². The number of carbonyl (C=O) groups is 1. The summed E-state index contributed by atoms with van der Waals surface area (Å²) < 4.78 is 3.08. The second-order valence-corrected chi connectivity index (χ2v) is 7.91. The van der Waals surface area contributed by atoms with E-state index in [9.17, 15) is 4.79 Å². The Kier molecular flexibility index (Phi) is 4.57. The fourth-order valence-electron chi connectivity index (χ4n) is 4.20. The SMILES string of the molecule is Cc1c(I)cnn1CCC(=O)N[C@H](C)[C@@H]1C[C@@H]2CC[C@@H]1C2. The summed E-state index contributed by atoms with van der Waals surface area (Å²) in [6.07, 6.45) is 7.88. The number of hydrogen-bond donors (Lipinski definition) is 1. The number of rotatable bonds is 5. The third-order valence-electron chi connectivity index (χ3n) is 5.42. The third kappa shape index (κ3) is 3.27. The maximum absolute atomic E-state index is 12.2. The van der Waals surface area contributed by atoms with Crippen LogP contribution in [0.3, 0.4) is 0 Å². The zero-order valence-corrected chi connectivity index (χ0v) is 15.0. The Hall–Kier alpha value is -0.590. The van der Waals surface area contributed by atoms with Crippen LogP contribution in [0.5, 0.6) is 0 Å². The van der Waals surface area contributed by atoms with Crippen LogP contribution < -0.4 is 5.32 Å². The molecule has 1 aromatic heterocycles. The first-order chi connectivity index (χ1) is 10.0. The summed E-state index contributed by atoms with van der Waals surface area (Å²) in [6, 6.07) is 0.326. The molecule has 3 rings (SSSR count). The lowest BCUT2D eigenvalue weighted by atomic mass is 9.84. The van der Waals surface area contributed by atoms with E-state index < -0.39 is 0 Å². The largest absolute Gasteiger partial charge is 0.353 e. The van der Waals surface area contributed by atoms with Gasteiger partial charge in [-0.05, 0) is 73.5 Å². The lowest BCUT2D eigenvalue weighted by molar-refractivity contribution is -0.122. The Morgan fingerprint density at radius 1 is 1.52 bits per heavy atom. The van der Waals surface area contributed by atoms with Crippen molar-refractivity contribution in [1.29, 1.82) is 0 Å². The second-order valence-electron chi connectivity index (χ2n) is 6.75. The van der Waals surface area contributed by atoms with Crippen molar-refractivity contribution in [2.45, 2.75) is 58.5 Å². The minimum absolute atomic E-state index is 0.162. The smallest absolute Gasteiger partial charge is 0.222 e. The quantitative estimate of drug-likeness (QED) is 0.771. The van der Waals surface area contributed by atoms with Crippen molar-refractivity contribution >= 4 is 28.5 Å². The molecule has 4 nitrogen and oxygen atoms in total. The molecule has 0 unspecified atom stereocenters. The highest BCUT2D eigenvalue weighted by molar-refractivity contribution is 14.1. The van der Waals surface area contributed by atoms with Gasteiger partial charge in [0.25, 0.3) is 0 Å². The maximum atomic E-state index is 12.2. The van der Waals surface area contributed by atoms with Gasteiger partial charge in [-0.2, -0.15) is 5.10 Å². The van der Waals surface area contributed by atoms with Crippen LogP contribution >= 0.6 is 22.6 Å². The van der Waals surface area contributed by atoms with Crippen molar-refractivity contribution in [3.8, 4) is 0 Å². The Balaban J connectivity index is 1.47. The summed E-state index contributed by atoms with van der Waals surface area (Å²) in [5.41, 5.74) is 1.14. The molecule has 116 valence electrons. The standard InChI is InChI=1S/C16H24IN3O/c1-10(14-8-12-3-4-13(14)7-12)19-16(21)5-6-20-11(2)15(17)9-18-20/h9-10,12-14H,3-8H2,1-2H3,(H,19,21)/t10-,12-,13-,14+/m1/s1. The topological polar surface area (TPSA) is 46.9 Å². The Morgan fingerprint density at radius 2 is 2.33 bits per heavy atom. The van der Waals surface area contributed by atoms with E-state index in [4.69, 9.17) is 0 Å². The summed E-state index contributed by atoms with van der Waals surface area (Å²) in [5, 5.41) is 7.53. The molecule has 0 radical (unpaired) electrons. The van der Waals surface area contributed by atoms with Crippen molar-refractivity contribution in [2.24, 2.45) is 17.8 Å². The molecule has 4 atom stereocenters. The molecule has 2 bridgehead atoms. The van der Waals surface area contributed by atoms with Crippen LogP contribution in [-0.4, -0.2) is 21.7 Å². The molecule has 1 N–H and O–H groups in total. The van der Waals surface area contributed by atoms with E-state index >= 15 is 0 Å². The first-order valence-corrected chi connectivity index (χ1v) is 9.09. The number of nitrogens with one attached hydrogen (secondary N) is 1. The molecule has 2 aliphatic rings. The number of hydrogen-bond acceptors (Lipinski definition) is 2. The molecule has 5 heteroatoms. The number of nitrogens with zero attached hydrogens (tertiary/aromatic N) is 2. The van der Waals surface area contributed by atoms with Gasteiger partial charge in [-0.15, -0.1) is 0 Å². The van der Waals surface area contributed by atoms with Crippen LogP contribution in [-0.2, 0) is 11.3 Å². The van der Waals surface area contributed by atoms with E-state index in [1.54, 1.807) is 0 Å². The third-order valence-corrected chi connectivity index (χ3v) is 6.48. The molecule has 0 aromatic carbocycles. The van der Waals surface area contributed by atoms with Gasteiger partial charge >= 0.3 is 0 Å². The fourth-order valence-corrected chi connectivity index (χ4v) is 4.60. The lowest BCUT2D eigenvalue weighted by Gasteiger charge is -2.28. The van der Waals surface area contributed by atoms with Gasteiger partial charge in [0.05, 0.1) is 9.77 Å². The van der Waals surface area contributed by atoms with Crippen molar-refractivity contribution < 1.29 is 4.79 Å². The zero-order chi connectivity index (χ0) is 15.0. The van der Waals surface area contributed by atoms with Gasteiger partial charge in [-0.1, -0.05) is 6.42 Å². The monoisotopic (exact) mass is 401 g/mol. The Morgan fingerprint density at radius 3 is 2.90 bits per heavy atom.